The monoisotopic (exact) mass is 286 g/mol. The van der Waals surface area contributed by atoms with Gasteiger partial charge < -0.3 is 10.4 Å². The van der Waals surface area contributed by atoms with Gasteiger partial charge in [0.15, 0.2) is 5.11 Å². The summed E-state index contributed by atoms with van der Waals surface area (Å²) in [6.07, 6.45) is 0. The number of rotatable bonds is 2. The molecule has 5 heteroatoms. The third kappa shape index (κ3) is 3.80. The Bertz CT molecular complexity index is 621. The minimum absolute atomic E-state index is 0.113. The van der Waals surface area contributed by atoms with E-state index in [1.54, 1.807) is 0 Å². The molecule has 0 radical (unpaired) electrons. The molecular weight excluding hydrogens is 272 g/mol. The van der Waals surface area contributed by atoms with E-state index in [-0.39, 0.29) is 16.8 Å². The number of aryl methyl sites for hydroxylation is 1. The van der Waals surface area contributed by atoms with Crippen LogP contribution in [-0.2, 0) is 0 Å². The SMILES string of the molecule is Cc1ccc(NC(=S)NC(=O)c2ccc(O)cc2)cc1. The molecule has 0 atom stereocenters. The second kappa shape index (κ2) is 6.16. The Morgan fingerprint density at radius 1 is 1.05 bits per heavy atom. The van der Waals surface area contributed by atoms with Gasteiger partial charge in [-0.1, -0.05) is 17.7 Å². The van der Waals surface area contributed by atoms with Crippen molar-refractivity contribution in [3.05, 3.63) is 59.7 Å². The molecule has 1 amide bonds. The predicted molar refractivity (Wildman–Crippen MR) is 83.0 cm³/mol. The van der Waals surface area contributed by atoms with Gasteiger partial charge in [-0.3, -0.25) is 10.1 Å². The predicted octanol–water partition coefficient (Wildman–Crippen LogP) is 2.83. The smallest absolute Gasteiger partial charge is 0.257 e. The molecule has 4 nitrogen and oxygen atoms in total. The molecule has 3 N–H and O–H groups in total. The van der Waals surface area contributed by atoms with E-state index < -0.39 is 0 Å². The Morgan fingerprint density at radius 2 is 1.65 bits per heavy atom. The number of benzene rings is 2. The third-order valence-corrected chi connectivity index (χ3v) is 2.87. The van der Waals surface area contributed by atoms with Crippen molar-refractivity contribution in [2.24, 2.45) is 0 Å². The normalized spacial score (nSPS) is 9.85. The van der Waals surface area contributed by atoms with Gasteiger partial charge in [-0.05, 0) is 55.5 Å². The number of hydrogen-bond acceptors (Lipinski definition) is 3. The number of carbonyl (C=O) groups is 1. The summed E-state index contributed by atoms with van der Waals surface area (Å²) in [6.45, 7) is 1.99. The van der Waals surface area contributed by atoms with Gasteiger partial charge >= 0.3 is 0 Å². The molecule has 0 spiro atoms. The average molecular weight is 286 g/mol. The van der Waals surface area contributed by atoms with Crippen molar-refractivity contribution >= 4 is 28.9 Å². The lowest BCUT2D eigenvalue weighted by Gasteiger charge is -2.09. The van der Waals surface area contributed by atoms with Crippen LogP contribution in [0.25, 0.3) is 0 Å². The molecule has 0 aromatic heterocycles. The van der Waals surface area contributed by atoms with Crippen LogP contribution in [0.4, 0.5) is 5.69 Å². The molecule has 2 aromatic rings. The molecule has 0 saturated carbocycles. The average Bonchev–Trinajstić information content (AvgIpc) is 2.42. The van der Waals surface area contributed by atoms with E-state index >= 15 is 0 Å². The number of nitrogens with one attached hydrogen (secondary N) is 2. The summed E-state index contributed by atoms with van der Waals surface area (Å²) in [6, 6.07) is 13.6. The number of amides is 1. The Morgan fingerprint density at radius 3 is 2.25 bits per heavy atom. The molecule has 0 aliphatic carbocycles. The first-order valence-corrected chi connectivity index (χ1v) is 6.43. The first-order chi connectivity index (χ1) is 9.54. The van der Waals surface area contributed by atoms with Gasteiger partial charge in [0.1, 0.15) is 5.75 Å². The molecule has 2 rings (SSSR count). The molecular formula is C15H14N2O2S. The second-order valence-corrected chi connectivity index (χ2v) is 4.73. The van der Waals surface area contributed by atoms with E-state index in [0.29, 0.717) is 5.56 Å². The molecule has 0 fully saturated rings. The maximum absolute atomic E-state index is 11.9. The minimum Gasteiger partial charge on any atom is -0.508 e. The summed E-state index contributed by atoms with van der Waals surface area (Å²) >= 11 is 5.08. The largest absolute Gasteiger partial charge is 0.508 e. The zero-order valence-corrected chi connectivity index (χ0v) is 11.7. The fourth-order valence-corrected chi connectivity index (χ4v) is 1.80. The van der Waals surface area contributed by atoms with Gasteiger partial charge in [-0.2, -0.15) is 0 Å². The number of aromatic hydroxyl groups is 1. The first-order valence-electron chi connectivity index (χ1n) is 6.02. The van der Waals surface area contributed by atoms with Crippen molar-refractivity contribution in [3.63, 3.8) is 0 Å². The van der Waals surface area contributed by atoms with Gasteiger partial charge in [0, 0.05) is 11.3 Å². The van der Waals surface area contributed by atoms with Crippen LogP contribution in [0.2, 0.25) is 0 Å². The highest BCUT2D eigenvalue weighted by molar-refractivity contribution is 7.80. The maximum Gasteiger partial charge on any atom is 0.257 e. The quantitative estimate of drug-likeness (QED) is 0.743. The summed E-state index contributed by atoms with van der Waals surface area (Å²) in [5.41, 5.74) is 2.39. The zero-order valence-electron chi connectivity index (χ0n) is 10.9. The van der Waals surface area contributed by atoms with Crippen LogP contribution in [0, 0.1) is 6.92 Å². The summed E-state index contributed by atoms with van der Waals surface area (Å²) in [5, 5.41) is 14.9. The molecule has 0 heterocycles. The number of carbonyl (C=O) groups excluding carboxylic acids is 1. The molecule has 2 aromatic carbocycles. The molecule has 102 valence electrons. The van der Waals surface area contributed by atoms with E-state index in [0.717, 1.165) is 11.3 Å². The molecule has 0 saturated heterocycles. The summed E-state index contributed by atoms with van der Waals surface area (Å²) in [7, 11) is 0. The van der Waals surface area contributed by atoms with Crippen LogP contribution >= 0.6 is 12.2 Å². The van der Waals surface area contributed by atoms with Gasteiger partial charge in [-0.15, -0.1) is 0 Å². The van der Waals surface area contributed by atoms with E-state index in [9.17, 15) is 4.79 Å². The van der Waals surface area contributed by atoms with Crippen molar-refractivity contribution in [3.8, 4) is 5.75 Å². The number of phenols is 1. The molecule has 0 bridgehead atoms. The van der Waals surface area contributed by atoms with Crippen molar-refractivity contribution in [2.45, 2.75) is 6.92 Å². The van der Waals surface area contributed by atoms with Crippen LogP contribution in [0.3, 0.4) is 0 Å². The zero-order chi connectivity index (χ0) is 14.5. The molecule has 0 aliphatic rings. The van der Waals surface area contributed by atoms with Gasteiger partial charge in [-0.25, -0.2) is 0 Å². The Kier molecular flexibility index (Phi) is 4.32. The topological polar surface area (TPSA) is 61.4 Å². The molecule has 20 heavy (non-hydrogen) atoms. The number of anilines is 1. The van der Waals surface area contributed by atoms with Gasteiger partial charge in [0.25, 0.3) is 5.91 Å². The fourth-order valence-electron chi connectivity index (χ4n) is 1.59. The van der Waals surface area contributed by atoms with E-state index in [4.69, 9.17) is 17.3 Å². The summed E-state index contributed by atoms with van der Waals surface area (Å²) in [4.78, 5) is 11.9. The minimum atomic E-state index is -0.324. The highest BCUT2D eigenvalue weighted by Gasteiger charge is 2.07. The Hall–Kier alpha value is -2.40. The van der Waals surface area contributed by atoms with Gasteiger partial charge in [0.05, 0.1) is 0 Å². The van der Waals surface area contributed by atoms with Crippen LogP contribution in [0.1, 0.15) is 15.9 Å². The summed E-state index contributed by atoms with van der Waals surface area (Å²) < 4.78 is 0. The van der Waals surface area contributed by atoms with Crippen molar-refractivity contribution in [1.82, 2.24) is 5.32 Å². The van der Waals surface area contributed by atoms with Crippen LogP contribution in [0.5, 0.6) is 5.75 Å². The van der Waals surface area contributed by atoms with Crippen LogP contribution in [0.15, 0.2) is 48.5 Å². The Balaban J connectivity index is 1.95. The van der Waals surface area contributed by atoms with E-state index in [1.807, 2.05) is 31.2 Å². The van der Waals surface area contributed by atoms with E-state index in [2.05, 4.69) is 10.6 Å². The lowest BCUT2D eigenvalue weighted by Crippen LogP contribution is -2.34. The fraction of sp³-hybridized carbons (Fsp3) is 0.0667. The number of phenolic OH excluding ortho intramolecular Hbond substituents is 1. The van der Waals surface area contributed by atoms with Crippen LogP contribution < -0.4 is 10.6 Å². The lowest BCUT2D eigenvalue weighted by atomic mass is 10.2. The molecule has 0 unspecified atom stereocenters. The Labute approximate surface area is 122 Å². The highest BCUT2D eigenvalue weighted by Crippen LogP contribution is 2.10. The maximum atomic E-state index is 11.9. The van der Waals surface area contributed by atoms with E-state index in [1.165, 1.54) is 24.3 Å². The molecule has 0 aliphatic heterocycles. The number of thiocarbonyl (C=S) groups is 1. The van der Waals surface area contributed by atoms with Crippen LogP contribution in [-0.4, -0.2) is 16.1 Å². The summed E-state index contributed by atoms with van der Waals surface area (Å²) in [5.74, 6) is -0.212. The van der Waals surface area contributed by atoms with Gasteiger partial charge in [0.2, 0.25) is 0 Å². The highest BCUT2D eigenvalue weighted by atomic mass is 32.1. The lowest BCUT2D eigenvalue weighted by molar-refractivity contribution is 0.0978. The van der Waals surface area contributed by atoms with Crippen molar-refractivity contribution < 1.29 is 9.90 Å². The van der Waals surface area contributed by atoms with Crippen molar-refractivity contribution in [1.29, 1.82) is 0 Å². The first kappa shape index (κ1) is 14.0. The number of hydrogen-bond donors (Lipinski definition) is 3. The second-order valence-electron chi connectivity index (χ2n) is 4.32. The van der Waals surface area contributed by atoms with Crippen molar-refractivity contribution in [2.75, 3.05) is 5.32 Å². The standard InChI is InChI=1S/C15H14N2O2S/c1-10-2-6-12(7-3-10)16-15(20)17-14(19)11-4-8-13(18)9-5-11/h2-9,18H,1H3,(H2,16,17,19,20). The third-order valence-electron chi connectivity index (χ3n) is 2.67.